The van der Waals surface area contributed by atoms with Crippen molar-refractivity contribution in [3.63, 3.8) is 0 Å². The number of hydrogen-bond acceptors (Lipinski definition) is 4. The number of rotatable bonds is 5. The smallest absolute Gasteiger partial charge is 0.164 e. The van der Waals surface area contributed by atoms with Crippen LogP contribution in [0.2, 0.25) is 0 Å². The van der Waals surface area contributed by atoms with Gasteiger partial charge in [0.05, 0.1) is 5.41 Å². The van der Waals surface area contributed by atoms with Crippen LogP contribution >= 0.6 is 11.3 Å². The van der Waals surface area contributed by atoms with E-state index in [4.69, 9.17) is 15.0 Å². The molecule has 4 heteroatoms. The van der Waals surface area contributed by atoms with E-state index in [1.807, 2.05) is 29.5 Å². The average molecular weight is 806 g/mol. The Morgan fingerprint density at radius 3 is 1.47 bits per heavy atom. The van der Waals surface area contributed by atoms with Gasteiger partial charge in [-0.2, -0.15) is 0 Å². The van der Waals surface area contributed by atoms with Gasteiger partial charge in [0.1, 0.15) is 0 Å². The fraction of sp³-hybridized carbons (Fsp3) is 0.0172. The Labute approximate surface area is 363 Å². The van der Waals surface area contributed by atoms with Crippen molar-refractivity contribution < 1.29 is 0 Å². The average Bonchev–Trinajstić information content (AvgIpc) is 3.99. The van der Waals surface area contributed by atoms with E-state index in [0.717, 1.165) is 27.8 Å². The minimum atomic E-state index is -0.431. The van der Waals surface area contributed by atoms with E-state index < -0.39 is 5.41 Å². The van der Waals surface area contributed by atoms with Gasteiger partial charge in [0.15, 0.2) is 17.5 Å². The number of nitrogens with zero attached hydrogens (tertiary/aromatic N) is 3. The molecule has 288 valence electrons. The third kappa shape index (κ3) is 5.08. The quantitative estimate of drug-likeness (QED) is 0.174. The van der Waals surface area contributed by atoms with Gasteiger partial charge in [-0.05, 0) is 78.9 Å². The molecule has 0 saturated carbocycles. The van der Waals surface area contributed by atoms with Crippen molar-refractivity contribution >= 4 is 31.5 Å². The van der Waals surface area contributed by atoms with Crippen molar-refractivity contribution in [3.8, 4) is 78.7 Å². The van der Waals surface area contributed by atoms with Gasteiger partial charge in [0.25, 0.3) is 0 Å². The first kappa shape index (κ1) is 35.0. The molecule has 1 spiro atoms. The van der Waals surface area contributed by atoms with E-state index in [-0.39, 0.29) is 0 Å². The Hall–Kier alpha value is -7.79. The molecular formula is C58H35N3S. The number of aromatic nitrogens is 3. The molecule has 2 aliphatic carbocycles. The van der Waals surface area contributed by atoms with Crippen molar-refractivity contribution in [3.05, 3.63) is 235 Å². The normalized spacial score (nSPS) is 13.0. The van der Waals surface area contributed by atoms with E-state index in [1.54, 1.807) is 0 Å². The predicted octanol–water partition coefficient (Wildman–Crippen LogP) is 14.9. The minimum Gasteiger partial charge on any atom is -0.208 e. The first-order chi connectivity index (χ1) is 30.7. The molecule has 0 unspecified atom stereocenters. The number of benzene rings is 9. The highest BCUT2D eigenvalue weighted by atomic mass is 32.1. The summed E-state index contributed by atoms with van der Waals surface area (Å²) >= 11 is 1.85. The van der Waals surface area contributed by atoms with E-state index in [1.165, 1.54) is 75.8 Å². The Kier molecular flexibility index (Phi) is 7.69. The van der Waals surface area contributed by atoms with Crippen LogP contribution in [0.4, 0.5) is 0 Å². The Balaban J connectivity index is 0.945. The number of thiophene rings is 1. The molecular weight excluding hydrogens is 771 g/mol. The van der Waals surface area contributed by atoms with Crippen LogP contribution < -0.4 is 0 Å². The molecule has 11 aromatic rings. The predicted molar refractivity (Wildman–Crippen MR) is 256 cm³/mol. The molecule has 13 rings (SSSR count). The molecule has 0 aliphatic heterocycles. The number of hydrogen-bond donors (Lipinski definition) is 0. The maximum atomic E-state index is 5.21. The molecule has 0 N–H and O–H groups in total. The van der Waals surface area contributed by atoms with Crippen LogP contribution in [0.5, 0.6) is 0 Å². The zero-order chi connectivity index (χ0) is 40.8. The van der Waals surface area contributed by atoms with Crippen LogP contribution in [0.15, 0.2) is 212 Å². The summed E-state index contributed by atoms with van der Waals surface area (Å²) in [5, 5.41) is 2.57. The Bertz CT molecular complexity index is 3520. The van der Waals surface area contributed by atoms with E-state index in [0.29, 0.717) is 17.5 Å². The molecule has 0 saturated heterocycles. The molecule has 62 heavy (non-hydrogen) atoms. The third-order valence-electron chi connectivity index (χ3n) is 13.0. The number of fused-ring (bicyclic) bond motifs is 13. The largest absolute Gasteiger partial charge is 0.208 e. The van der Waals surface area contributed by atoms with Crippen molar-refractivity contribution in [2.75, 3.05) is 0 Å². The lowest BCUT2D eigenvalue weighted by Gasteiger charge is -2.32. The second-order valence-electron chi connectivity index (χ2n) is 16.2. The molecule has 2 aliphatic rings. The monoisotopic (exact) mass is 805 g/mol. The molecule has 0 radical (unpaired) electrons. The first-order valence-corrected chi connectivity index (χ1v) is 21.9. The molecule has 2 aromatic heterocycles. The summed E-state index contributed by atoms with van der Waals surface area (Å²) in [6.45, 7) is 0. The molecule has 3 nitrogen and oxygen atoms in total. The summed E-state index contributed by atoms with van der Waals surface area (Å²) in [5.41, 5.74) is 17.7. The first-order valence-electron chi connectivity index (χ1n) is 21.1. The van der Waals surface area contributed by atoms with E-state index in [2.05, 4.69) is 194 Å². The SMILES string of the molecule is c1ccc(-c2nc(-c3ccc(-c4cccc5c4C4(c6ccccc6-c6ccccc64)c4ccccc4-5)cc3)nc(-c3cccc(-c4cccc5c4sc4ccccc45)c3)n2)cc1. The summed E-state index contributed by atoms with van der Waals surface area (Å²) in [6, 6.07) is 76.7. The van der Waals surface area contributed by atoms with Crippen LogP contribution in [-0.2, 0) is 5.41 Å². The van der Waals surface area contributed by atoms with Gasteiger partial charge in [-0.1, -0.05) is 200 Å². The lowest BCUT2D eigenvalue weighted by atomic mass is 9.68. The fourth-order valence-corrected chi connectivity index (χ4v) is 11.6. The van der Waals surface area contributed by atoms with Crippen LogP contribution in [0.3, 0.4) is 0 Å². The van der Waals surface area contributed by atoms with Crippen LogP contribution in [0, 0.1) is 0 Å². The van der Waals surface area contributed by atoms with Crippen molar-refractivity contribution in [1.29, 1.82) is 0 Å². The maximum Gasteiger partial charge on any atom is 0.164 e. The van der Waals surface area contributed by atoms with Gasteiger partial charge in [-0.15, -0.1) is 11.3 Å². The lowest BCUT2D eigenvalue weighted by molar-refractivity contribution is 0.796. The summed E-state index contributed by atoms with van der Waals surface area (Å²) < 4.78 is 2.58. The van der Waals surface area contributed by atoms with Crippen molar-refractivity contribution in [2.45, 2.75) is 5.41 Å². The van der Waals surface area contributed by atoms with E-state index in [9.17, 15) is 0 Å². The highest BCUT2D eigenvalue weighted by Crippen LogP contribution is 2.64. The van der Waals surface area contributed by atoms with Crippen LogP contribution in [-0.4, -0.2) is 15.0 Å². The molecule has 2 heterocycles. The summed E-state index contributed by atoms with van der Waals surface area (Å²) in [6.07, 6.45) is 0. The van der Waals surface area contributed by atoms with Crippen molar-refractivity contribution in [1.82, 2.24) is 15.0 Å². The minimum absolute atomic E-state index is 0.431. The topological polar surface area (TPSA) is 38.7 Å². The summed E-state index contributed by atoms with van der Waals surface area (Å²) in [4.78, 5) is 15.4. The van der Waals surface area contributed by atoms with Gasteiger partial charge >= 0.3 is 0 Å². The van der Waals surface area contributed by atoms with Gasteiger partial charge in [-0.25, -0.2) is 15.0 Å². The Morgan fingerprint density at radius 1 is 0.306 bits per heavy atom. The van der Waals surface area contributed by atoms with Crippen LogP contribution in [0.1, 0.15) is 22.3 Å². The fourth-order valence-electron chi connectivity index (χ4n) is 10.3. The second kappa shape index (κ2) is 13.6. The molecule has 9 aromatic carbocycles. The summed E-state index contributed by atoms with van der Waals surface area (Å²) in [7, 11) is 0. The maximum absolute atomic E-state index is 5.21. The molecule has 0 bridgehead atoms. The third-order valence-corrected chi connectivity index (χ3v) is 14.2. The Morgan fingerprint density at radius 2 is 0.758 bits per heavy atom. The highest BCUT2D eigenvalue weighted by molar-refractivity contribution is 7.26. The molecule has 0 amide bonds. The zero-order valence-corrected chi connectivity index (χ0v) is 34.3. The standard InChI is InChI=1S/C58H35N3S/c1-2-15-37(16-3-1)55-59-56(61-57(60-55)40-18-12-17-39(35-40)42-24-14-26-48-46-22-7-11-30-52(46)62-54(42)48)38-33-31-36(32-34-38)41-23-13-25-47-45-21-6-10-29-51(45)58(53(41)47)49-27-8-4-19-43(49)44-20-5-9-28-50(44)58/h1-35H. The lowest BCUT2D eigenvalue weighted by Crippen LogP contribution is -2.26. The van der Waals surface area contributed by atoms with Crippen molar-refractivity contribution in [2.24, 2.45) is 0 Å². The zero-order valence-electron chi connectivity index (χ0n) is 33.5. The highest BCUT2D eigenvalue weighted by Gasteiger charge is 2.52. The van der Waals surface area contributed by atoms with Gasteiger partial charge in [0.2, 0.25) is 0 Å². The molecule has 0 fully saturated rings. The summed E-state index contributed by atoms with van der Waals surface area (Å²) in [5.74, 6) is 1.92. The van der Waals surface area contributed by atoms with Gasteiger partial charge < -0.3 is 0 Å². The van der Waals surface area contributed by atoms with Gasteiger partial charge in [-0.3, -0.25) is 0 Å². The van der Waals surface area contributed by atoms with Gasteiger partial charge in [0, 0.05) is 36.9 Å². The van der Waals surface area contributed by atoms with Crippen LogP contribution in [0.25, 0.3) is 98.8 Å². The molecule has 0 atom stereocenters. The second-order valence-corrected chi connectivity index (χ2v) is 17.3. The van der Waals surface area contributed by atoms with E-state index >= 15 is 0 Å².